The molecule has 2 nitrogen and oxygen atoms in total. The van der Waals surface area contributed by atoms with E-state index in [1.807, 2.05) is 31.2 Å². The van der Waals surface area contributed by atoms with Crippen LogP contribution in [0.15, 0.2) is 36.4 Å². The van der Waals surface area contributed by atoms with E-state index < -0.39 is 5.79 Å². The van der Waals surface area contributed by atoms with Gasteiger partial charge in [0.05, 0.1) is 12.2 Å². The van der Waals surface area contributed by atoms with Crippen LogP contribution in [-0.2, 0) is 9.47 Å². The molecule has 2 fully saturated rings. The molecular weight excluding hydrogens is 224 g/mol. The van der Waals surface area contributed by atoms with Crippen molar-refractivity contribution in [2.24, 2.45) is 0 Å². The average molecular weight is 244 g/mol. The summed E-state index contributed by atoms with van der Waals surface area (Å²) in [6.07, 6.45) is 9.52. The van der Waals surface area contributed by atoms with E-state index in [1.54, 1.807) is 0 Å². The molecule has 0 amide bonds. The highest BCUT2D eigenvalue weighted by molar-refractivity contribution is 5.49. The molecule has 0 radical (unpaired) electrons. The van der Waals surface area contributed by atoms with Crippen LogP contribution in [0.25, 0.3) is 6.08 Å². The average Bonchev–Trinajstić information content (AvgIpc) is 2.74. The molecule has 96 valence electrons. The van der Waals surface area contributed by atoms with Crippen LogP contribution in [0.1, 0.15) is 38.2 Å². The Hall–Kier alpha value is -1.12. The van der Waals surface area contributed by atoms with Crippen LogP contribution in [0, 0.1) is 0 Å². The zero-order valence-corrected chi connectivity index (χ0v) is 10.8. The van der Waals surface area contributed by atoms with Gasteiger partial charge in [-0.2, -0.15) is 0 Å². The van der Waals surface area contributed by atoms with E-state index in [0.717, 1.165) is 12.8 Å². The first-order valence-electron chi connectivity index (χ1n) is 6.85. The summed E-state index contributed by atoms with van der Waals surface area (Å²) in [7, 11) is 0. The van der Waals surface area contributed by atoms with Gasteiger partial charge in [-0.3, -0.25) is 0 Å². The lowest BCUT2D eigenvalue weighted by atomic mass is 9.95. The van der Waals surface area contributed by atoms with Crippen molar-refractivity contribution in [1.29, 1.82) is 0 Å². The van der Waals surface area contributed by atoms with Crippen molar-refractivity contribution in [1.82, 2.24) is 0 Å². The maximum atomic E-state index is 6.07. The molecule has 1 saturated heterocycles. The second-order valence-corrected chi connectivity index (χ2v) is 5.36. The number of hydrogen-bond acceptors (Lipinski definition) is 2. The Labute approximate surface area is 109 Å². The van der Waals surface area contributed by atoms with Crippen LogP contribution >= 0.6 is 0 Å². The van der Waals surface area contributed by atoms with Crippen molar-refractivity contribution in [2.45, 2.75) is 50.6 Å². The summed E-state index contributed by atoms with van der Waals surface area (Å²) in [6.45, 7) is 2.02. The minimum Gasteiger partial charge on any atom is -0.341 e. The Bertz CT molecular complexity index is 410. The van der Waals surface area contributed by atoms with Crippen LogP contribution in [0.3, 0.4) is 0 Å². The van der Waals surface area contributed by atoms with Gasteiger partial charge >= 0.3 is 0 Å². The third kappa shape index (κ3) is 2.50. The van der Waals surface area contributed by atoms with E-state index >= 15 is 0 Å². The molecule has 0 N–H and O–H groups in total. The van der Waals surface area contributed by atoms with Gasteiger partial charge < -0.3 is 9.47 Å². The highest BCUT2D eigenvalue weighted by Gasteiger charge is 2.43. The molecule has 1 aliphatic carbocycles. The largest absolute Gasteiger partial charge is 0.341 e. The summed E-state index contributed by atoms with van der Waals surface area (Å²) in [6, 6.07) is 10.3. The molecule has 0 unspecified atom stereocenters. The maximum absolute atomic E-state index is 6.07. The normalized spacial score (nSPS) is 30.5. The molecular formula is C16H20O2. The molecule has 0 spiro atoms. The Kier molecular flexibility index (Phi) is 3.23. The number of benzene rings is 1. The smallest absolute Gasteiger partial charge is 0.186 e. The zero-order valence-electron chi connectivity index (χ0n) is 10.8. The van der Waals surface area contributed by atoms with Gasteiger partial charge in [0, 0.05) is 0 Å². The van der Waals surface area contributed by atoms with Crippen LogP contribution < -0.4 is 0 Å². The highest BCUT2D eigenvalue weighted by Crippen LogP contribution is 2.37. The number of hydrogen-bond donors (Lipinski definition) is 0. The Morgan fingerprint density at radius 3 is 2.28 bits per heavy atom. The Balaban J connectivity index is 1.71. The van der Waals surface area contributed by atoms with E-state index in [1.165, 1.54) is 18.4 Å². The van der Waals surface area contributed by atoms with Crippen molar-refractivity contribution in [3.63, 3.8) is 0 Å². The fourth-order valence-corrected chi connectivity index (χ4v) is 2.85. The monoisotopic (exact) mass is 244 g/mol. The number of ether oxygens (including phenoxy) is 2. The third-order valence-electron chi connectivity index (χ3n) is 3.79. The quantitative estimate of drug-likeness (QED) is 0.788. The van der Waals surface area contributed by atoms with Gasteiger partial charge in [0.1, 0.15) is 0 Å². The van der Waals surface area contributed by atoms with Crippen molar-refractivity contribution in [2.75, 3.05) is 0 Å². The highest BCUT2D eigenvalue weighted by atomic mass is 16.8. The minimum atomic E-state index is -0.546. The second-order valence-electron chi connectivity index (χ2n) is 5.36. The SMILES string of the molecule is CC1(/C=C/c2ccccc2)O[C@H]2CCCC[C@@H]2O1. The Morgan fingerprint density at radius 1 is 1.06 bits per heavy atom. The second kappa shape index (κ2) is 4.87. The molecule has 18 heavy (non-hydrogen) atoms. The van der Waals surface area contributed by atoms with Crippen LogP contribution in [0.5, 0.6) is 0 Å². The minimum absolute atomic E-state index is 0.296. The van der Waals surface area contributed by atoms with Crippen molar-refractivity contribution < 1.29 is 9.47 Å². The molecule has 3 rings (SSSR count). The fraction of sp³-hybridized carbons (Fsp3) is 0.500. The van der Waals surface area contributed by atoms with Crippen molar-refractivity contribution in [3.8, 4) is 0 Å². The first-order valence-corrected chi connectivity index (χ1v) is 6.85. The summed E-state index contributed by atoms with van der Waals surface area (Å²) in [4.78, 5) is 0. The van der Waals surface area contributed by atoms with Crippen LogP contribution in [0.2, 0.25) is 0 Å². The van der Waals surface area contributed by atoms with Crippen LogP contribution in [-0.4, -0.2) is 18.0 Å². The van der Waals surface area contributed by atoms with E-state index in [-0.39, 0.29) is 0 Å². The predicted octanol–water partition coefficient (Wildman–Crippen LogP) is 3.77. The van der Waals surface area contributed by atoms with E-state index in [0.29, 0.717) is 12.2 Å². The summed E-state index contributed by atoms with van der Waals surface area (Å²) in [5, 5.41) is 0. The fourth-order valence-electron chi connectivity index (χ4n) is 2.85. The van der Waals surface area contributed by atoms with Crippen LogP contribution in [0.4, 0.5) is 0 Å². The molecule has 0 aromatic heterocycles. The van der Waals surface area contributed by atoms with Gasteiger partial charge in [0.2, 0.25) is 0 Å². The zero-order chi connectivity index (χ0) is 12.4. The summed E-state index contributed by atoms with van der Waals surface area (Å²) >= 11 is 0. The topological polar surface area (TPSA) is 18.5 Å². The molecule has 2 heteroatoms. The number of rotatable bonds is 2. The standard InChI is InChI=1S/C16H20O2/c1-16(12-11-13-7-3-2-4-8-13)17-14-9-5-6-10-15(14)18-16/h2-4,7-8,11-12,14-15H,5-6,9-10H2,1H3/b12-11+/t14-,15-/m0/s1. The number of fused-ring (bicyclic) bond motifs is 1. The summed E-state index contributed by atoms with van der Waals surface area (Å²) in [5.41, 5.74) is 1.18. The van der Waals surface area contributed by atoms with Gasteiger partial charge in [-0.1, -0.05) is 49.2 Å². The molecule has 1 aromatic carbocycles. The van der Waals surface area contributed by atoms with E-state index in [4.69, 9.17) is 9.47 Å². The van der Waals surface area contributed by atoms with Crippen molar-refractivity contribution in [3.05, 3.63) is 42.0 Å². The molecule has 2 aliphatic rings. The van der Waals surface area contributed by atoms with Gasteiger partial charge in [-0.05, 0) is 31.4 Å². The first kappa shape index (κ1) is 11.9. The molecule has 1 saturated carbocycles. The van der Waals surface area contributed by atoms with E-state index in [9.17, 15) is 0 Å². The van der Waals surface area contributed by atoms with Gasteiger partial charge in [0.25, 0.3) is 0 Å². The molecule has 1 heterocycles. The summed E-state index contributed by atoms with van der Waals surface area (Å²) in [5.74, 6) is -0.546. The molecule has 1 aliphatic heterocycles. The summed E-state index contributed by atoms with van der Waals surface area (Å²) < 4.78 is 12.1. The lowest BCUT2D eigenvalue weighted by molar-refractivity contribution is -0.120. The van der Waals surface area contributed by atoms with Crippen molar-refractivity contribution >= 4 is 6.08 Å². The third-order valence-corrected chi connectivity index (χ3v) is 3.79. The maximum Gasteiger partial charge on any atom is 0.186 e. The van der Waals surface area contributed by atoms with Gasteiger partial charge in [-0.15, -0.1) is 0 Å². The molecule has 0 bridgehead atoms. The molecule has 2 atom stereocenters. The lowest BCUT2D eigenvalue weighted by Crippen LogP contribution is -2.25. The predicted molar refractivity (Wildman–Crippen MR) is 72.1 cm³/mol. The van der Waals surface area contributed by atoms with Gasteiger partial charge in [-0.25, -0.2) is 0 Å². The van der Waals surface area contributed by atoms with Gasteiger partial charge in [0.15, 0.2) is 5.79 Å². The first-order chi connectivity index (χ1) is 8.75. The Morgan fingerprint density at radius 2 is 1.67 bits per heavy atom. The molecule has 1 aromatic rings. The van der Waals surface area contributed by atoms with E-state index in [2.05, 4.69) is 18.2 Å². The lowest BCUT2D eigenvalue weighted by Gasteiger charge is -2.21.